The third-order valence-corrected chi connectivity index (χ3v) is 19.8. The fourth-order valence-corrected chi connectivity index (χ4v) is 14.1. The van der Waals surface area contributed by atoms with E-state index < -0.39 is 24.0 Å². The van der Waals surface area contributed by atoms with Crippen LogP contribution in [0.1, 0.15) is 61.9 Å². The van der Waals surface area contributed by atoms with Gasteiger partial charge >= 0.3 is 18.1 Å². The van der Waals surface area contributed by atoms with E-state index in [9.17, 15) is 22.8 Å². The molecule has 6 aromatic carbocycles. The lowest BCUT2D eigenvalue weighted by Crippen LogP contribution is -2.46. The van der Waals surface area contributed by atoms with Gasteiger partial charge in [-0.1, -0.05) is 31.2 Å². The molecule has 26 heteroatoms. The molecule has 0 bridgehead atoms. The monoisotopic (exact) mass is 1380 g/mol. The summed E-state index contributed by atoms with van der Waals surface area (Å²) in [6.45, 7) is 17.0. The Labute approximate surface area is 584 Å². The zero-order valence-electron chi connectivity index (χ0n) is 57.4. The van der Waals surface area contributed by atoms with E-state index in [1.54, 1.807) is 38.7 Å². The van der Waals surface area contributed by atoms with Crippen LogP contribution in [0, 0.1) is 6.92 Å². The number of piperazine rings is 2. The van der Waals surface area contributed by atoms with Gasteiger partial charge in [0.05, 0.1) is 50.9 Å². The van der Waals surface area contributed by atoms with E-state index in [1.807, 2.05) is 107 Å². The smallest absolute Gasteiger partial charge is 0.491 e. The van der Waals surface area contributed by atoms with Crippen molar-refractivity contribution in [2.75, 3.05) is 117 Å². The Kier molecular flexibility index (Phi) is 19.9. The van der Waals surface area contributed by atoms with Crippen molar-refractivity contribution < 1.29 is 51.1 Å². The number of hydrazine groups is 1. The Morgan fingerprint density at radius 2 is 1.11 bits per heavy atom. The largest absolute Gasteiger partial charge is 0.573 e. The second kappa shape index (κ2) is 29.4. The molecule has 0 N–H and O–H groups in total. The van der Waals surface area contributed by atoms with Crippen LogP contribution in [0.25, 0.3) is 5.69 Å². The van der Waals surface area contributed by atoms with Crippen molar-refractivity contribution in [3.8, 4) is 22.9 Å². The van der Waals surface area contributed by atoms with Gasteiger partial charge in [-0.05, 0) is 179 Å². The highest BCUT2D eigenvalue weighted by atomic mass is 19.4. The van der Waals surface area contributed by atoms with Crippen molar-refractivity contribution >= 4 is 34.5 Å². The minimum atomic E-state index is -4.81. The zero-order valence-corrected chi connectivity index (χ0v) is 57.4. The van der Waals surface area contributed by atoms with Crippen molar-refractivity contribution in [1.82, 2.24) is 43.9 Å². The number of anilines is 5. The Hall–Kier alpha value is -9.86. The zero-order chi connectivity index (χ0) is 69.8. The first kappa shape index (κ1) is 68.3. The van der Waals surface area contributed by atoms with Gasteiger partial charge < -0.3 is 52.8 Å². The topological polar surface area (TPSA) is 180 Å². The Balaban J connectivity index is 0.520. The Morgan fingerprint density at radius 1 is 0.594 bits per heavy atom. The van der Waals surface area contributed by atoms with Gasteiger partial charge in [0.15, 0.2) is 0 Å². The van der Waals surface area contributed by atoms with Gasteiger partial charge in [-0.15, -0.1) is 13.2 Å². The molecule has 23 nitrogen and oxygen atoms in total. The molecule has 101 heavy (non-hydrogen) atoms. The highest BCUT2D eigenvalue weighted by Crippen LogP contribution is 2.41. The fraction of sp³-hybridized carbons (Fsp3) is 0.400. The summed E-state index contributed by atoms with van der Waals surface area (Å²) < 4.78 is 88.1. The number of urea groups is 1. The average Bonchev–Trinajstić information content (AvgIpc) is 1.67. The van der Waals surface area contributed by atoms with E-state index in [4.69, 9.17) is 33.5 Å². The number of nitrogens with zero attached hydrogens (tertiary/aromatic N) is 14. The molecule has 5 aliphatic rings. The summed E-state index contributed by atoms with van der Waals surface area (Å²) >= 11 is 0. The van der Waals surface area contributed by atoms with Crippen LogP contribution in [0.15, 0.2) is 188 Å². The molecule has 0 radical (unpaired) electrons. The van der Waals surface area contributed by atoms with Crippen LogP contribution in [-0.4, -0.2) is 167 Å². The molecule has 8 heterocycles. The van der Waals surface area contributed by atoms with Crippen molar-refractivity contribution in [3.63, 3.8) is 0 Å². The molecular formula is C75H85F3N14O9. The van der Waals surface area contributed by atoms with E-state index >= 15 is 0 Å². The van der Waals surface area contributed by atoms with Crippen LogP contribution in [0.3, 0.4) is 0 Å². The van der Waals surface area contributed by atoms with Gasteiger partial charge in [-0.2, -0.15) is 20.3 Å². The second-order valence-electron chi connectivity index (χ2n) is 26.6. The molecule has 530 valence electrons. The lowest BCUT2D eigenvalue weighted by atomic mass is 10.00. The molecule has 5 fully saturated rings. The minimum Gasteiger partial charge on any atom is -0.491 e. The summed E-state index contributed by atoms with van der Waals surface area (Å²) in [6.07, 6.45) is 5.48. The van der Waals surface area contributed by atoms with Crippen LogP contribution in [0.4, 0.5) is 46.4 Å². The highest BCUT2D eigenvalue weighted by molar-refractivity contribution is 5.93. The van der Waals surface area contributed by atoms with Crippen LogP contribution < -0.4 is 44.4 Å². The normalized spacial score (nSPS) is 21.2. The number of hydrogen-bond acceptors (Lipinski definition) is 17. The summed E-state index contributed by atoms with van der Waals surface area (Å²) in [7, 11) is 1.96. The second-order valence-corrected chi connectivity index (χ2v) is 26.6. The van der Waals surface area contributed by atoms with E-state index in [0.717, 1.165) is 115 Å². The number of aryl methyl sites for hydroxylation is 2. The number of alkyl halides is 3. The van der Waals surface area contributed by atoms with Crippen molar-refractivity contribution in [2.45, 2.75) is 102 Å². The standard InChI is InChI=1S/C75H85F3N14O9/c1-6-55(3)92-72(94)90(53-82(92)5)64-22-18-60(19-23-64)84-38-42-86(43-39-84)62-26-32-66(33-27-62)96-47-69-49-98-74(100-69,70-11-8-7-10-54(70)2)51-88-45-57(44-80-88)13-12-56(4)91-71(93)89(52-81-91)63-20-16-59(17-21-63)83-36-40-85(41-37-83)61-24-30-65(31-25-61)95-46-68-48-97-73(99-68,50-87-35-9-34-79-87)58-14-28-67(29-15-58)101-75(76,77)78/h7-11,14-35,44-45,52,55-56,68-69H,6,12-13,36-43,46-51,53H2,1-5H3/t55?,56?,68-,69-,73-,74-/m1/s1. The maximum absolute atomic E-state index is 13.9. The molecule has 14 rings (SSSR count). The summed E-state index contributed by atoms with van der Waals surface area (Å²) in [5.41, 5.74) is 9.38. The van der Waals surface area contributed by atoms with Crippen molar-refractivity contribution in [2.24, 2.45) is 0 Å². The maximum Gasteiger partial charge on any atom is 0.573 e. The quantitative estimate of drug-likeness (QED) is 0.0527. The van der Waals surface area contributed by atoms with Gasteiger partial charge in [0.25, 0.3) is 0 Å². The molecule has 6 atom stereocenters. The summed E-state index contributed by atoms with van der Waals surface area (Å²) in [5, 5.41) is 17.5. The SMILES string of the molecule is CCC(C)N1C(=O)N(c2ccc(N3CCN(c4ccc(OC[C@@H]5CO[C@@](Cn6cc(CCC(C)n7ncn(-c8ccc(N9CCN(c%10ccc(OC[C@@H]%11CO[C@@](Cn%12cccn%12)(c%12ccc(OC(F)(F)F)cc%12)O%11)cc%10)CC9)cc8)c7=O)cn6)(c6ccccc6C)O5)cc4)CC3)cc2)CN1C. The van der Waals surface area contributed by atoms with Crippen molar-refractivity contribution in [1.29, 1.82) is 0 Å². The first-order valence-corrected chi connectivity index (χ1v) is 34.6. The molecule has 3 aromatic heterocycles. The summed E-state index contributed by atoms with van der Waals surface area (Å²) in [5.74, 6) is -1.33. The minimum absolute atomic E-state index is 0.0175. The van der Waals surface area contributed by atoms with E-state index in [0.29, 0.717) is 50.6 Å². The predicted octanol–water partition coefficient (Wildman–Crippen LogP) is 11.0. The summed E-state index contributed by atoms with van der Waals surface area (Å²) in [4.78, 5) is 38.5. The number of amides is 2. The summed E-state index contributed by atoms with van der Waals surface area (Å²) in [6, 6.07) is 47.9. The Bertz CT molecular complexity index is 4280. The van der Waals surface area contributed by atoms with Gasteiger partial charge in [0.2, 0.25) is 11.6 Å². The molecule has 0 aliphatic carbocycles. The molecule has 2 unspecified atom stereocenters. The maximum atomic E-state index is 13.9. The predicted molar refractivity (Wildman–Crippen MR) is 376 cm³/mol. The third kappa shape index (κ3) is 15.3. The first-order valence-electron chi connectivity index (χ1n) is 34.6. The number of ether oxygens (including phenoxy) is 7. The number of rotatable bonds is 25. The molecular weight excluding hydrogens is 1300 g/mol. The van der Waals surface area contributed by atoms with Gasteiger partial charge in [-0.3, -0.25) is 19.3 Å². The molecule has 9 aromatic rings. The number of aromatic nitrogens is 7. The van der Waals surface area contributed by atoms with Crippen LogP contribution >= 0.6 is 0 Å². The van der Waals surface area contributed by atoms with Crippen LogP contribution in [-0.2, 0) is 50.0 Å². The average molecular weight is 1380 g/mol. The third-order valence-electron chi connectivity index (χ3n) is 19.8. The van der Waals surface area contributed by atoms with Gasteiger partial charge in [0.1, 0.15) is 49.0 Å². The number of benzene rings is 6. The number of carbonyl (C=O) groups is 1. The molecule has 0 spiro atoms. The molecule has 5 saturated heterocycles. The Morgan fingerprint density at radius 3 is 1.65 bits per heavy atom. The van der Waals surface area contributed by atoms with E-state index in [1.165, 1.54) is 24.3 Å². The number of hydrogen-bond donors (Lipinski definition) is 0. The van der Waals surface area contributed by atoms with Crippen LogP contribution in [0.2, 0.25) is 0 Å². The highest BCUT2D eigenvalue weighted by Gasteiger charge is 2.47. The fourth-order valence-electron chi connectivity index (χ4n) is 14.1. The van der Waals surface area contributed by atoms with E-state index in [2.05, 4.69) is 116 Å². The lowest BCUT2D eigenvalue weighted by Gasteiger charge is -2.37. The lowest BCUT2D eigenvalue weighted by molar-refractivity contribution is -0.274. The molecule has 2 amide bonds. The molecule has 0 saturated carbocycles. The van der Waals surface area contributed by atoms with E-state index in [-0.39, 0.29) is 55.4 Å². The molecule has 5 aliphatic heterocycles. The van der Waals surface area contributed by atoms with Gasteiger partial charge in [-0.25, -0.2) is 18.8 Å². The number of halogens is 3. The van der Waals surface area contributed by atoms with Gasteiger partial charge in [0, 0.05) is 124 Å². The first-order chi connectivity index (χ1) is 48.9. The van der Waals surface area contributed by atoms with Crippen molar-refractivity contribution in [3.05, 3.63) is 216 Å². The van der Waals surface area contributed by atoms with Crippen LogP contribution in [0.5, 0.6) is 17.2 Å². The number of carbonyl (C=O) groups excluding carboxylic acids is 1.